The van der Waals surface area contributed by atoms with E-state index in [0.717, 1.165) is 63.7 Å². The number of hydrogen-bond acceptors (Lipinski definition) is 5. The van der Waals surface area contributed by atoms with Gasteiger partial charge in [-0.15, -0.1) is 0 Å². The lowest BCUT2D eigenvalue weighted by Gasteiger charge is -2.33. The van der Waals surface area contributed by atoms with Gasteiger partial charge in [-0.2, -0.15) is 0 Å². The first-order valence-corrected chi connectivity index (χ1v) is 8.67. The van der Waals surface area contributed by atoms with Crippen molar-refractivity contribution in [1.29, 1.82) is 0 Å². The molecule has 0 amide bonds. The lowest BCUT2D eigenvalue weighted by molar-refractivity contribution is 0.114. The van der Waals surface area contributed by atoms with Crippen LogP contribution in [-0.2, 0) is 4.74 Å². The van der Waals surface area contributed by atoms with E-state index >= 15 is 0 Å². The van der Waals surface area contributed by atoms with Gasteiger partial charge in [-0.1, -0.05) is 0 Å². The second kappa shape index (κ2) is 7.90. The van der Waals surface area contributed by atoms with E-state index in [9.17, 15) is 0 Å². The molecule has 1 unspecified atom stereocenters. The third-order valence-corrected chi connectivity index (χ3v) is 4.59. The van der Waals surface area contributed by atoms with E-state index in [1.807, 2.05) is 12.3 Å². The summed E-state index contributed by atoms with van der Waals surface area (Å²) < 4.78 is 5.57. The highest BCUT2D eigenvalue weighted by Gasteiger charge is 2.16. The summed E-state index contributed by atoms with van der Waals surface area (Å²) in [4.78, 5) is 9.21. The van der Waals surface area contributed by atoms with Crippen LogP contribution in [0.5, 0.6) is 0 Å². The Morgan fingerprint density at radius 2 is 2.17 bits per heavy atom. The molecule has 1 atom stereocenters. The fraction of sp³-hybridized carbons (Fsp3) is 0.625. The largest absolute Gasteiger partial charge is 0.376 e. The number of piperazine rings is 1. The average Bonchev–Trinajstić information content (AvgIpc) is 3.08. The zero-order chi connectivity index (χ0) is 16.1. The number of nitrogens with zero attached hydrogens (tertiary/aromatic N) is 3. The van der Waals surface area contributed by atoms with Crippen molar-refractivity contribution in [1.82, 2.24) is 15.2 Å². The van der Waals surface area contributed by atoms with Crippen molar-refractivity contribution < 1.29 is 4.74 Å². The van der Waals surface area contributed by atoms with Crippen LogP contribution in [0.15, 0.2) is 18.3 Å². The third kappa shape index (κ3) is 4.76. The predicted octanol–water partition coefficient (Wildman–Crippen LogP) is 1.30. The van der Waals surface area contributed by atoms with Crippen molar-refractivity contribution in [3.05, 3.63) is 18.3 Å². The Balaban J connectivity index is 1.46. The number of hydrogen-bond donors (Lipinski definition) is 2. The van der Waals surface area contributed by atoms with Gasteiger partial charge in [0.05, 0.1) is 18.0 Å². The number of rotatable bonds is 4. The standard InChI is InChI=1S/C16H25N5OS/c1-20-6-8-21(9-7-20)15-5-4-13(11-17-15)19-16(23)18-12-14-3-2-10-22-14/h4-5,11,14H,2-3,6-10,12H2,1H3,(H2,18,19,23). The van der Waals surface area contributed by atoms with Gasteiger partial charge in [-0.3, -0.25) is 0 Å². The summed E-state index contributed by atoms with van der Waals surface area (Å²) in [5, 5.41) is 7.01. The van der Waals surface area contributed by atoms with Crippen molar-refractivity contribution >= 4 is 28.8 Å². The number of pyridine rings is 1. The molecule has 2 saturated heterocycles. The molecule has 2 aliphatic rings. The predicted molar refractivity (Wildman–Crippen MR) is 97.1 cm³/mol. The normalized spacial score (nSPS) is 22.1. The SMILES string of the molecule is CN1CCN(c2ccc(NC(=S)NCC3CCCO3)cn2)CC1. The number of aromatic nitrogens is 1. The summed E-state index contributed by atoms with van der Waals surface area (Å²) in [7, 11) is 2.16. The van der Waals surface area contributed by atoms with E-state index in [0.29, 0.717) is 5.11 Å². The van der Waals surface area contributed by atoms with E-state index in [-0.39, 0.29) is 6.10 Å². The minimum Gasteiger partial charge on any atom is -0.376 e. The Morgan fingerprint density at radius 3 is 2.83 bits per heavy atom. The van der Waals surface area contributed by atoms with Crippen LogP contribution in [0.4, 0.5) is 11.5 Å². The second-order valence-electron chi connectivity index (χ2n) is 6.17. The Bertz CT molecular complexity index is 510. The highest BCUT2D eigenvalue weighted by molar-refractivity contribution is 7.80. The zero-order valence-corrected chi connectivity index (χ0v) is 14.4. The van der Waals surface area contributed by atoms with Crippen molar-refractivity contribution in [3.8, 4) is 0 Å². The number of thiocarbonyl (C=S) groups is 1. The quantitative estimate of drug-likeness (QED) is 0.804. The number of ether oxygens (including phenoxy) is 1. The molecule has 0 spiro atoms. The summed E-state index contributed by atoms with van der Waals surface area (Å²) in [5.74, 6) is 1.03. The summed E-state index contributed by atoms with van der Waals surface area (Å²) in [6.45, 7) is 5.84. The lowest BCUT2D eigenvalue weighted by Crippen LogP contribution is -2.44. The molecule has 1 aromatic rings. The topological polar surface area (TPSA) is 52.7 Å². The minimum atomic E-state index is 0.285. The van der Waals surface area contributed by atoms with Crippen LogP contribution in [0, 0.1) is 0 Å². The van der Waals surface area contributed by atoms with Crippen LogP contribution >= 0.6 is 12.2 Å². The first-order valence-electron chi connectivity index (χ1n) is 8.27. The molecule has 6 nitrogen and oxygen atoms in total. The zero-order valence-electron chi connectivity index (χ0n) is 13.6. The van der Waals surface area contributed by atoms with Crippen molar-refractivity contribution in [2.24, 2.45) is 0 Å². The molecular weight excluding hydrogens is 310 g/mol. The average molecular weight is 335 g/mol. The van der Waals surface area contributed by atoms with Gasteiger partial charge in [-0.05, 0) is 44.2 Å². The van der Waals surface area contributed by atoms with Gasteiger partial charge in [0.25, 0.3) is 0 Å². The Morgan fingerprint density at radius 1 is 1.35 bits per heavy atom. The number of anilines is 2. The number of likely N-dealkylation sites (N-methyl/N-ethyl adjacent to an activating group) is 1. The van der Waals surface area contributed by atoms with Gasteiger partial charge < -0.3 is 25.2 Å². The van der Waals surface area contributed by atoms with E-state index in [2.05, 4.69) is 38.5 Å². The molecule has 23 heavy (non-hydrogen) atoms. The molecule has 2 aliphatic heterocycles. The van der Waals surface area contributed by atoms with Crippen molar-refractivity contribution in [2.45, 2.75) is 18.9 Å². The molecule has 0 aliphatic carbocycles. The van der Waals surface area contributed by atoms with E-state index in [1.54, 1.807) is 0 Å². The maximum Gasteiger partial charge on any atom is 0.170 e. The molecule has 2 N–H and O–H groups in total. The maximum atomic E-state index is 5.57. The molecule has 3 rings (SSSR count). The smallest absolute Gasteiger partial charge is 0.170 e. The molecule has 1 aromatic heterocycles. The van der Waals surface area contributed by atoms with Gasteiger partial charge in [0.1, 0.15) is 5.82 Å². The fourth-order valence-corrected chi connectivity index (χ4v) is 3.07. The van der Waals surface area contributed by atoms with Crippen LogP contribution in [0.3, 0.4) is 0 Å². The number of nitrogens with one attached hydrogen (secondary N) is 2. The Hall–Kier alpha value is -1.44. The van der Waals surface area contributed by atoms with E-state index < -0.39 is 0 Å². The monoisotopic (exact) mass is 335 g/mol. The first kappa shape index (κ1) is 16.4. The summed E-state index contributed by atoms with van der Waals surface area (Å²) in [6.07, 6.45) is 4.38. The molecule has 3 heterocycles. The van der Waals surface area contributed by atoms with Crippen LogP contribution in [0.25, 0.3) is 0 Å². The minimum absolute atomic E-state index is 0.285. The van der Waals surface area contributed by atoms with Crippen LogP contribution in [0.1, 0.15) is 12.8 Å². The molecule has 126 valence electrons. The van der Waals surface area contributed by atoms with Crippen molar-refractivity contribution in [3.63, 3.8) is 0 Å². The Kier molecular flexibility index (Phi) is 5.64. The van der Waals surface area contributed by atoms with Gasteiger partial charge in [-0.25, -0.2) is 4.98 Å². The van der Waals surface area contributed by atoms with Crippen LogP contribution in [0.2, 0.25) is 0 Å². The lowest BCUT2D eigenvalue weighted by atomic mass is 10.2. The molecule has 0 radical (unpaired) electrons. The van der Waals surface area contributed by atoms with Gasteiger partial charge in [0.15, 0.2) is 5.11 Å². The van der Waals surface area contributed by atoms with Crippen molar-refractivity contribution in [2.75, 3.05) is 56.6 Å². The molecular formula is C16H25N5OS. The maximum absolute atomic E-state index is 5.57. The highest BCUT2D eigenvalue weighted by Crippen LogP contribution is 2.16. The van der Waals surface area contributed by atoms with Gasteiger partial charge in [0.2, 0.25) is 0 Å². The Labute approximate surface area is 143 Å². The molecule has 0 bridgehead atoms. The van der Waals surface area contributed by atoms with Gasteiger partial charge in [0, 0.05) is 39.3 Å². The molecule has 7 heteroatoms. The highest BCUT2D eigenvalue weighted by atomic mass is 32.1. The second-order valence-corrected chi connectivity index (χ2v) is 6.57. The van der Waals surface area contributed by atoms with Gasteiger partial charge >= 0.3 is 0 Å². The third-order valence-electron chi connectivity index (χ3n) is 4.35. The summed E-state index contributed by atoms with van der Waals surface area (Å²) in [5.41, 5.74) is 0.910. The fourth-order valence-electron chi connectivity index (χ4n) is 2.87. The molecule has 0 saturated carbocycles. The first-order chi connectivity index (χ1) is 11.2. The molecule has 2 fully saturated rings. The van der Waals surface area contributed by atoms with E-state index in [1.165, 1.54) is 0 Å². The van der Waals surface area contributed by atoms with Crippen LogP contribution < -0.4 is 15.5 Å². The van der Waals surface area contributed by atoms with E-state index in [4.69, 9.17) is 17.0 Å². The summed E-state index contributed by atoms with van der Waals surface area (Å²) >= 11 is 5.32. The summed E-state index contributed by atoms with van der Waals surface area (Å²) in [6, 6.07) is 4.08. The molecule has 0 aromatic carbocycles. The van der Waals surface area contributed by atoms with Crippen LogP contribution in [-0.4, -0.2) is 67.5 Å².